The Morgan fingerprint density at radius 1 is 1.62 bits per heavy atom. The van der Waals surface area contributed by atoms with Gasteiger partial charge >= 0.3 is 5.69 Å². The van der Waals surface area contributed by atoms with E-state index in [0.29, 0.717) is 6.42 Å². The van der Waals surface area contributed by atoms with E-state index in [0.717, 1.165) is 0 Å². The van der Waals surface area contributed by atoms with Crippen molar-refractivity contribution in [3.63, 3.8) is 0 Å². The number of nitrogens with zero attached hydrogens (tertiary/aromatic N) is 1. The summed E-state index contributed by atoms with van der Waals surface area (Å²) < 4.78 is 6.72. The molecule has 0 aliphatic carbocycles. The van der Waals surface area contributed by atoms with Crippen LogP contribution in [-0.2, 0) is 4.74 Å². The van der Waals surface area contributed by atoms with E-state index in [2.05, 4.69) is 17.6 Å². The number of aromatic nitrogens is 2. The van der Waals surface area contributed by atoms with Gasteiger partial charge in [-0.1, -0.05) is 0 Å². The molecule has 0 amide bonds. The van der Waals surface area contributed by atoms with Crippen LogP contribution in [0.5, 0.6) is 0 Å². The van der Waals surface area contributed by atoms with Crippen LogP contribution in [-0.4, -0.2) is 32.6 Å². The Morgan fingerprint density at radius 2 is 2.38 bits per heavy atom. The van der Waals surface area contributed by atoms with Crippen molar-refractivity contribution < 1.29 is 9.84 Å². The molecule has 2 rings (SSSR count). The zero-order valence-electron chi connectivity index (χ0n) is 8.37. The molecule has 7 heteroatoms. The highest BCUT2D eigenvalue weighted by molar-refractivity contribution is 7.81. The Labute approximate surface area is 96.3 Å². The Kier molecular flexibility index (Phi) is 3.17. The summed E-state index contributed by atoms with van der Waals surface area (Å²) in [6.45, 7) is -0.105. The summed E-state index contributed by atoms with van der Waals surface area (Å²) >= 11 is 4.30. The topological polar surface area (TPSA) is 84.3 Å². The van der Waals surface area contributed by atoms with Crippen molar-refractivity contribution in [2.45, 2.75) is 24.0 Å². The molecule has 2 heterocycles. The molecule has 2 N–H and O–H groups in total. The van der Waals surface area contributed by atoms with Crippen molar-refractivity contribution in [2.75, 3.05) is 6.61 Å². The first-order valence-corrected chi connectivity index (χ1v) is 5.39. The first-order chi connectivity index (χ1) is 7.61. The van der Waals surface area contributed by atoms with Crippen molar-refractivity contribution in [3.8, 4) is 0 Å². The van der Waals surface area contributed by atoms with E-state index in [4.69, 9.17) is 9.84 Å². The predicted molar refractivity (Wildman–Crippen MR) is 59.7 cm³/mol. The van der Waals surface area contributed by atoms with Crippen molar-refractivity contribution in [1.82, 2.24) is 9.55 Å². The lowest BCUT2D eigenvalue weighted by atomic mass is 10.2. The van der Waals surface area contributed by atoms with Gasteiger partial charge in [-0.3, -0.25) is 14.3 Å². The molecule has 1 aromatic heterocycles. The molecule has 1 aliphatic rings. The number of aliphatic hydroxyl groups is 1. The van der Waals surface area contributed by atoms with Crippen molar-refractivity contribution in [2.24, 2.45) is 0 Å². The van der Waals surface area contributed by atoms with Crippen molar-refractivity contribution in [1.29, 1.82) is 0 Å². The monoisotopic (exact) mass is 244 g/mol. The molecule has 0 spiro atoms. The number of thiol groups is 1. The predicted octanol–water partition coefficient (Wildman–Crippen LogP) is -0.885. The molecular formula is C9H12N2O4S. The quantitative estimate of drug-likeness (QED) is 0.590. The highest BCUT2D eigenvalue weighted by Gasteiger charge is 2.34. The van der Waals surface area contributed by atoms with Gasteiger partial charge in [0.15, 0.2) is 0 Å². The summed E-state index contributed by atoms with van der Waals surface area (Å²) in [5.74, 6) is 0. The number of nitrogens with one attached hydrogen (secondary N) is 1. The number of rotatable bonds is 2. The number of H-pyrrole nitrogens is 1. The van der Waals surface area contributed by atoms with Gasteiger partial charge in [0.05, 0.1) is 12.7 Å². The first kappa shape index (κ1) is 11.4. The summed E-state index contributed by atoms with van der Waals surface area (Å²) in [6.07, 6.45) is 1.07. The normalized spacial score (nSPS) is 29.5. The molecule has 6 nitrogen and oxygen atoms in total. The molecule has 3 atom stereocenters. The Bertz CT molecular complexity index is 483. The average Bonchev–Trinajstić information content (AvgIpc) is 2.60. The second-order valence-corrected chi connectivity index (χ2v) is 4.31. The fraction of sp³-hybridized carbons (Fsp3) is 0.556. The standard InChI is InChI=1S/C9H12N2O4S/c12-4-5-3-6(16)8(15-5)11-2-1-7(13)10-9(11)14/h1-2,5-6,8,12,16H,3-4H2,(H,10,13,14)/t5-,6+,8+/m0/s1. The highest BCUT2D eigenvalue weighted by Crippen LogP contribution is 2.31. The maximum absolute atomic E-state index is 11.5. The maximum Gasteiger partial charge on any atom is 0.330 e. The van der Waals surface area contributed by atoms with Crippen molar-refractivity contribution in [3.05, 3.63) is 33.1 Å². The average molecular weight is 244 g/mol. The zero-order chi connectivity index (χ0) is 11.7. The first-order valence-electron chi connectivity index (χ1n) is 4.87. The SMILES string of the molecule is O=c1ccn([C@@H]2O[C@H](CO)C[C@H]2S)c(=O)[nH]1. The van der Waals surface area contributed by atoms with E-state index >= 15 is 0 Å². The number of ether oxygens (including phenoxy) is 1. The lowest BCUT2D eigenvalue weighted by Gasteiger charge is -2.16. The molecule has 1 aliphatic heterocycles. The molecule has 88 valence electrons. The minimum absolute atomic E-state index is 0.105. The van der Waals surface area contributed by atoms with Gasteiger partial charge in [0.1, 0.15) is 6.23 Å². The third-order valence-electron chi connectivity index (χ3n) is 2.49. The summed E-state index contributed by atoms with van der Waals surface area (Å²) in [6, 6.07) is 1.25. The van der Waals surface area contributed by atoms with E-state index in [1.54, 1.807) is 0 Å². The molecule has 0 radical (unpaired) electrons. The highest BCUT2D eigenvalue weighted by atomic mass is 32.1. The van der Waals surface area contributed by atoms with Gasteiger partial charge in [-0.15, -0.1) is 0 Å². The lowest BCUT2D eigenvalue weighted by Crippen LogP contribution is -2.33. The second kappa shape index (κ2) is 4.44. The number of hydrogen-bond acceptors (Lipinski definition) is 5. The van der Waals surface area contributed by atoms with E-state index in [1.165, 1.54) is 16.8 Å². The summed E-state index contributed by atoms with van der Waals surface area (Å²) in [5.41, 5.74) is -0.983. The van der Waals surface area contributed by atoms with Crippen LogP contribution in [0.3, 0.4) is 0 Å². The van der Waals surface area contributed by atoms with Crippen LogP contribution in [0.4, 0.5) is 0 Å². The number of aliphatic hydroxyl groups excluding tert-OH is 1. The third-order valence-corrected chi connectivity index (χ3v) is 2.96. The molecule has 0 bridgehead atoms. The molecule has 0 aromatic carbocycles. The van der Waals surface area contributed by atoms with Gasteiger partial charge < -0.3 is 9.84 Å². The third kappa shape index (κ3) is 2.06. The van der Waals surface area contributed by atoms with Crippen LogP contribution in [0.25, 0.3) is 0 Å². The van der Waals surface area contributed by atoms with Crippen LogP contribution in [0.2, 0.25) is 0 Å². The van der Waals surface area contributed by atoms with Crippen LogP contribution < -0.4 is 11.2 Å². The summed E-state index contributed by atoms with van der Waals surface area (Å²) in [7, 11) is 0. The van der Waals surface area contributed by atoms with Crippen LogP contribution in [0.15, 0.2) is 21.9 Å². The van der Waals surface area contributed by atoms with Crippen LogP contribution >= 0.6 is 12.6 Å². The van der Waals surface area contributed by atoms with E-state index in [1.807, 2.05) is 0 Å². The fourth-order valence-electron chi connectivity index (χ4n) is 1.73. The minimum atomic E-state index is -0.551. The molecule has 16 heavy (non-hydrogen) atoms. The van der Waals surface area contributed by atoms with Gasteiger partial charge in [0, 0.05) is 17.5 Å². The second-order valence-electron chi connectivity index (χ2n) is 3.65. The van der Waals surface area contributed by atoms with Crippen LogP contribution in [0, 0.1) is 0 Å². The Hall–Kier alpha value is -1.05. The zero-order valence-corrected chi connectivity index (χ0v) is 9.26. The van der Waals surface area contributed by atoms with E-state index in [-0.39, 0.29) is 18.0 Å². The maximum atomic E-state index is 11.5. The molecule has 1 saturated heterocycles. The minimum Gasteiger partial charge on any atom is -0.394 e. The van der Waals surface area contributed by atoms with Gasteiger partial charge in [0.25, 0.3) is 5.56 Å². The molecule has 1 aromatic rings. The molecule has 0 unspecified atom stereocenters. The van der Waals surface area contributed by atoms with Gasteiger partial charge in [-0.25, -0.2) is 4.79 Å². The smallest absolute Gasteiger partial charge is 0.330 e. The summed E-state index contributed by atoms with van der Waals surface area (Å²) in [5, 5.41) is 8.78. The Balaban J connectivity index is 2.31. The van der Waals surface area contributed by atoms with E-state index < -0.39 is 17.5 Å². The fourth-order valence-corrected chi connectivity index (χ4v) is 2.17. The summed E-state index contributed by atoms with van der Waals surface area (Å²) in [4.78, 5) is 24.5. The van der Waals surface area contributed by atoms with Gasteiger partial charge in [-0.05, 0) is 6.42 Å². The molecule has 1 fully saturated rings. The largest absolute Gasteiger partial charge is 0.394 e. The number of hydrogen-bond donors (Lipinski definition) is 3. The molecule has 0 saturated carbocycles. The Morgan fingerprint density at radius 3 is 2.94 bits per heavy atom. The molecular weight excluding hydrogens is 232 g/mol. The van der Waals surface area contributed by atoms with Gasteiger partial charge in [-0.2, -0.15) is 12.6 Å². The lowest BCUT2D eigenvalue weighted by molar-refractivity contribution is -0.0233. The van der Waals surface area contributed by atoms with Gasteiger partial charge in [0.2, 0.25) is 0 Å². The number of aromatic amines is 1. The van der Waals surface area contributed by atoms with E-state index in [9.17, 15) is 9.59 Å². The van der Waals surface area contributed by atoms with Crippen LogP contribution in [0.1, 0.15) is 12.6 Å². The van der Waals surface area contributed by atoms with Crippen molar-refractivity contribution >= 4 is 12.6 Å².